The van der Waals surface area contributed by atoms with Crippen molar-refractivity contribution in [2.75, 3.05) is 32.2 Å². The smallest absolute Gasteiger partial charge is 0.171 e. The molecular weight excluding hydrogens is 312 g/mol. The highest BCUT2D eigenvalue weighted by atomic mass is 32.1. The predicted molar refractivity (Wildman–Crippen MR) is 94.5 cm³/mol. The Kier molecular flexibility index (Phi) is 5.23. The zero-order valence-electron chi connectivity index (χ0n) is 13.5. The standard InChI is InChI=1S/C17H24N2O3S/c1-20-9-8-17(6-2-3-7-17)19-16(23)18-13-4-5-14-15(12-13)22-11-10-21-14/h4-5,12H,2-3,6-11H2,1H3,(H2,18,19,23). The van der Waals surface area contributed by atoms with Gasteiger partial charge in [-0.2, -0.15) is 0 Å². The van der Waals surface area contributed by atoms with Crippen LogP contribution in [0, 0.1) is 0 Å². The van der Waals surface area contributed by atoms with Gasteiger partial charge in [-0.3, -0.25) is 0 Å². The SMILES string of the molecule is COCCC1(NC(=S)Nc2ccc3c(c2)OCCO3)CCCC1. The molecule has 0 spiro atoms. The van der Waals surface area contributed by atoms with Crippen molar-refractivity contribution < 1.29 is 14.2 Å². The second-order valence-corrected chi connectivity index (χ2v) is 6.58. The van der Waals surface area contributed by atoms with Crippen LogP contribution in [0.4, 0.5) is 5.69 Å². The first-order chi connectivity index (χ1) is 11.2. The van der Waals surface area contributed by atoms with Crippen LogP contribution in [0.1, 0.15) is 32.1 Å². The molecule has 0 bridgehead atoms. The van der Waals surface area contributed by atoms with Gasteiger partial charge in [0.2, 0.25) is 0 Å². The van der Waals surface area contributed by atoms with Crippen LogP contribution >= 0.6 is 12.2 Å². The maximum absolute atomic E-state index is 5.61. The molecule has 0 amide bonds. The molecule has 1 aliphatic carbocycles. The molecule has 0 atom stereocenters. The first-order valence-corrected chi connectivity index (χ1v) is 8.59. The lowest BCUT2D eigenvalue weighted by Crippen LogP contribution is -2.48. The molecule has 2 N–H and O–H groups in total. The molecule has 5 nitrogen and oxygen atoms in total. The normalized spacial score (nSPS) is 18.5. The number of methoxy groups -OCH3 is 1. The number of benzene rings is 1. The van der Waals surface area contributed by atoms with Gasteiger partial charge in [-0.15, -0.1) is 0 Å². The van der Waals surface area contributed by atoms with Crippen LogP contribution in [0.2, 0.25) is 0 Å². The van der Waals surface area contributed by atoms with Gasteiger partial charge in [0.05, 0.1) is 0 Å². The Morgan fingerprint density at radius 3 is 2.70 bits per heavy atom. The van der Waals surface area contributed by atoms with Crippen LogP contribution in [0.25, 0.3) is 0 Å². The van der Waals surface area contributed by atoms with Crippen molar-refractivity contribution in [3.63, 3.8) is 0 Å². The van der Waals surface area contributed by atoms with Crippen molar-refractivity contribution in [3.05, 3.63) is 18.2 Å². The van der Waals surface area contributed by atoms with Gasteiger partial charge in [-0.1, -0.05) is 12.8 Å². The lowest BCUT2D eigenvalue weighted by Gasteiger charge is -2.31. The minimum absolute atomic E-state index is 0.0634. The molecule has 126 valence electrons. The Bertz CT molecular complexity index is 559. The van der Waals surface area contributed by atoms with E-state index in [1.807, 2.05) is 18.2 Å². The number of thiocarbonyl (C=S) groups is 1. The third-order valence-electron chi connectivity index (χ3n) is 4.52. The highest BCUT2D eigenvalue weighted by molar-refractivity contribution is 7.80. The number of hydrogen-bond acceptors (Lipinski definition) is 4. The zero-order chi connectivity index (χ0) is 16.1. The van der Waals surface area contributed by atoms with Gasteiger partial charge >= 0.3 is 0 Å². The largest absolute Gasteiger partial charge is 0.486 e. The monoisotopic (exact) mass is 336 g/mol. The molecule has 1 aliphatic heterocycles. The van der Waals surface area contributed by atoms with Crippen LogP contribution in [0.5, 0.6) is 11.5 Å². The van der Waals surface area contributed by atoms with Crippen LogP contribution in [-0.2, 0) is 4.74 Å². The zero-order valence-corrected chi connectivity index (χ0v) is 14.3. The summed E-state index contributed by atoms with van der Waals surface area (Å²) in [4.78, 5) is 0. The van der Waals surface area contributed by atoms with E-state index in [1.54, 1.807) is 7.11 Å². The van der Waals surface area contributed by atoms with Crippen molar-refractivity contribution in [1.29, 1.82) is 0 Å². The van der Waals surface area contributed by atoms with Gasteiger partial charge in [0, 0.05) is 31.0 Å². The summed E-state index contributed by atoms with van der Waals surface area (Å²) in [5, 5.41) is 7.44. The van der Waals surface area contributed by atoms with E-state index in [9.17, 15) is 0 Å². The van der Waals surface area contributed by atoms with E-state index in [-0.39, 0.29) is 5.54 Å². The Morgan fingerprint density at radius 1 is 1.22 bits per heavy atom. The quantitative estimate of drug-likeness (QED) is 0.806. The average Bonchev–Trinajstić information content (AvgIpc) is 3.01. The molecule has 0 unspecified atom stereocenters. The molecule has 0 saturated heterocycles. The fourth-order valence-electron chi connectivity index (χ4n) is 3.31. The number of ether oxygens (including phenoxy) is 3. The van der Waals surface area contributed by atoms with Gasteiger partial charge in [0.1, 0.15) is 13.2 Å². The van der Waals surface area contributed by atoms with Crippen molar-refractivity contribution in [2.45, 2.75) is 37.6 Å². The van der Waals surface area contributed by atoms with Crippen molar-refractivity contribution in [3.8, 4) is 11.5 Å². The van der Waals surface area contributed by atoms with Gasteiger partial charge in [-0.05, 0) is 43.6 Å². The number of anilines is 1. The highest BCUT2D eigenvalue weighted by Gasteiger charge is 2.34. The van der Waals surface area contributed by atoms with Crippen LogP contribution in [-0.4, -0.2) is 37.6 Å². The van der Waals surface area contributed by atoms with E-state index < -0.39 is 0 Å². The third kappa shape index (κ3) is 4.06. The summed E-state index contributed by atoms with van der Waals surface area (Å²) in [5.74, 6) is 1.55. The number of fused-ring (bicyclic) bond motifs is 1. The molecule has 0 radical (unpaired) electrons. The third-order valence-corrected chi connectivity index (χ3v) is 4.73. The molecular formula is C17H24N2O3S. The number of rotatable bonds is 5. The molecule has 3 rings (SSSR count). The van der Waals surface area contributed by atoms with E-state index >= 15 is 0 Å². The van der Waals surface area contributed by atoms with E-state index in [0.29, 0.717) is 18.3 Å². The number of nitrogens with one attached hydrogen (secondary N) is 2. The van der Waals surface area contributed by atoms with Crippen molar-refractivity contribution >= 4 is 23.0 Å². The second kappa shape index (κ2) is 7.36. The lowest BCUT2D eigenvalue weighted by atomic mass is 9.94. The topological polar surface area (TPSA) is 51.8 Å². The Hall–Kier alpha value is -1.53. The van der Waals surface area contributed by atoms with Gasteiger partial charge < -0.3 is 24.8 Å². The Morgan fingerprint density at radius 2 is 1.96 bits per heavy atom. The summed E-state index contributed by atoms with van der Waals surface area (Å²) in [7, 11) is 1.74. The molecule has 0 aromatic heterocycles. The molecule has 23 heavy (non-hydrogen) atoms. The van der Waals surface area contributed by atoms with E-state index in [0.717, 1.165) is 43.1 Å². The lowest BCUT2D eigenvalue weighted by molar-refractivity contribution is 0.163. The van der Waals surface area contributed by atoms with E-state index in [4.69, 9.17) is 26.4 Å². The van der Waals surface area contributed by atoms with E-state index in [1.165, 1.54) is 12.8 Å². The summed E-state index contributed by atoms with van der Waals surface area (Å²) in [6.45, 7) is 1.93. The van der Waals surface area contributed by atoms with Crippen LogP contribution in [0.15, 0.2) is 18.2 Å². The molecule has 1 heterocycles. The van der Waals surface area contributed by atoms with Gasteiger partial charge in [-0.25, -0.2) is 0 Å². The molecule has 2 aliphatic rings. The Balaban J connectivity index is 1.62. The minimum Gasteiger partial charge on any atom is -0.486 e. The molecule has 1 aromatic rings. The Labute approximate surface area is 142 Å². The highest BCUT2D eigenvalue weighted by Crippen LogP contribution is 2.34. The van der Waals surface area contributed by atoms with Crippen LogP contribution < -0.4 is 20.1 Å². The fraction of sp³-hybridized carbons (Fsp3) is 0.588. The van der Waals surface area contributed by atoms with Crippen LogP contribution in [0.3, 0.4) is 0 Å². The second-order valence-electron chi connectivity index (χ2n) is 6.17. The summed E-state index contributed by atoms with van der Waals surface area (Å²) >= 11 is 5.51. The molecule has 6 heteroatoms. The first kappa shape index (κ1) is 16.3. The van der Waals surface area contributed by atoms with E-state index in [2.05, 4.69) is 10.6 Å². The molecule has 1 aromatic carbocycles. The van der Waals surface area contributed by atoms with Gasteiger partial charge in [0.15, 0.2) is 16.6 Å². The fourth-order valence-corrected chi connectivity index (χ4v) is 3.65. The minimum atomic E-state index is 0.0634. The maximum atomic E-state index is 5.61. The van der Waals surface area contributed by atoms with Crippen molar-refractivity contribution in [1.82, 2.24) is 5.32 Å². The summed E-state index contributed by atoms with van der Waals surface area (Å²) in [5.41, 5.74) is 0.972. The summed E-state index contributed by atoms with van der Waals surface area (Å²) < 4.78 is 16.4. The summed E-state index contributed by atoms with van der Waals surface area (Å²) in [6, 6.07) is 5.80. The van der Waals surface area contributed by atoms with Crippen molar-refractivity contribution in [2.24, 2.45) is 0 Å². The molecule has 1 fully saturated rings. The maximum Gasteiger partial charge on any atom is 0.171 e. The predicted octanol–water partition coefficient (Wildman–Crippen LogP) is 3.09. The average molecular weight is 336 g/mol. The first-order valence-electron chi connectivity index (χ1n) is 8.19. The number of hydrogen-bond donors (Lipinski definition) is 2. The van der Waals surface area contributed by atoms with Gasteiger partial charge in [0.25, 0.3) is 0 Å². The summed E-state index contributed by atoms with van der Waals surface area (Å²) in [6.07, 6.45) is 5.73. The molecule has 1 saturated carbocycles.